The zero-order valence-corrected chi connectivity index (χ0v) is 17.2. The summed E-state index contributed by atoms with van der Waals surface area (Å²) in [5, 5.41) is 7.23. The molecule has 0 aliphatic heterocycles. The Morgan fingerprint density at radius 2 is 1.97 bits per heavy atom. The molecule has 3 rings (SSSR count). The number of hydrogen-bond donors (Lipinski definition) is 1. The Kier molecular flexibility index (Phi) is 6.61. The molecular weight excluding hydrogens is 386 g/mol. The first-order valence-electron chi connectivity index (χ1n) is 9.82. The van der Waals surface area contributed by atoms with Gasteiger partial charge in [0.1, 0.15) is 18.3 Å². The van der Waals surface area contributed by atoms with Crippen molar-refractivity contribution in [3.05, 3.63) is 58.8 Å². The summed E-state index contributed by atoms with van der Waals surface area (Å²) in [4.78, 5) is 41.4. The first kappa shape index (κ1) is 21.2. The third kappa shape index (κ3) is 4.73. The van der Waals surface area contributed by atoms with Crippen LogP contribution in [0.5, 0.6) is 0 Å². The average Bonchev–Trinajstić information content (AvgIpc) is 3.11. The first-order valence-corrected chi connectivity index (χ1v) is 9.82. The molecule has 0 aliphatic carbocycles. The second kappa shape index (κ2) is 9.34. The Morgan fingerprint density at radius 1 is 1.23 bits per heavy atom. The molecule has 30 heavy (non-hydrogen) atoms. The number of aromatic nitrogens is 4. The minimum atomic E-state index is -0.994. The average molecular weight is 411 g/mol. The van der Waals surface area contributed by atoms with Crippen molar-refractivity contribution in [1.82, 2.24) is 24.6 Å². The number of rotatable bonds is 8. The lowest BCUT2D eigenvalue weighted by atomic mass is 10.0. The van der Waals surface area contributed by atoms with Crippen LogP contribution in [0.4, 0.5) is 0 Å². The lowest BCUT2D eigenvalue weighted by Gasteiger charge is -2.21. The molecule has 158 valence electrons. The zero-order valence-electron chi connectivity index (χ0n) is 17.2. The van der Waals surface area contributed by atoms with Crippen LogP contribution in [0.25, 0.3) is 11.0 Å². The molecule has 9 nitrogen and oxygen atoms in total. The predicted octanol–water partition coefficient (Wildman–Crippen LogP) is 1.72. The van der Waals surface area contributed by atoms with Gasteiger partial charge in [-0.2, -0.15) is 5.10 Å². The molecule has 3 aromatic rings. The van der Waals surface area contributed by atoms with Crippen molar-refractivity contribution in [2.75, 3.05) is 0 Å². The highest BCUT2D eigenvalue weighted by Crippen LogP contribution is 2.18. The van der Waals surface area contributed by atoms with Crippen molar-refractivity contribution in [2.45, 2.75) is 45.4 Å². The summed E-state index contributed by atoms with van der Waals surface area (Å²) >= 11 is 0. The molecule has 2 aromatic heterocycles. The molecule has 2 unspecified atom stereocenters. The number of carbonyl (C=O) groups excluding carboxylic acids is 2. The van der Waals surface area contributed by atoms with Gasteiger partial charge >= 0.3 is 5.97 Å². The normalized spacial score (nSPS) is 13.0. The van der Waals surface area contributed by atoms with E-state index in [4.69, 9.17) is 4.74 Å². The van der Waals surface area contributed by atoms with Gasteiger partial charge in [0.15, 0.2) is 11.8 Å². The number of esters is 1. The molecule has 2 atom stereocenters. The number of nitrogens with zero attached hydrogens (tertiary/aromatic N) is 4. The number of carbonyl (C=O) groups is 2. The molecule has 0 bridgehead atoms. The Bertz CT molecular complexity index is 1090. The van der Waals surface area contributed by atoms with Crippen molar-refractivity contribution in [2.24, 2.45) is 7.05 Å². The monoisotopic (exact) mass is 411 g/mol. The van der Waals surface area contributed by atoms with Crippen molar-refractivity contribution < 1.29 is 14.3 Å². The van der Waals surface area contributed by atoms with Gasteiger partial charge in [-0.15, -0.1) is 0 Å². The third-order valence-electron chi connectivity index (χ3n) is 4.79. The molecule has 1 N–H and O–H groups in total. The maximum atomic E-state index is 12.6. The SMILES string of the molecule is CCCC(NC(=O)C(C)OC(=O)Cn1cnc2c(cnn2C)c1=O)c1ccccc1. The van der Waals surface area contributed by atoms with E-state index in [1.165, 1.54) is 24.1 Å². The fraction of sp³-hybridized carbons (Fsp3) is 0.381. The highest BCUT2D eigenvalue weighted by molar-refractivity contribution is 5.83. The van der Waals surface area contributed by atoms with Gasteiger partial charge in [0.05, 0.1) is 12.2 Å². The van der Waals surface area contributed by atoms with Crippen LogP contribution in [0.15, 0.2) is 47.7 Å². The third-order valence-corrected chi connectivity index (χ3v) is 4.79. The van der Waals surface area contributed by atoms with Crippen LogP contribution in [0.2, 0.25) is 0 Å². The van der Waals surface area contributed by atoms with E-state index in [-0.39, 0.29) is 18.5 Å². The van der Waals surface area contributed by atoms with Crippen LogP contribution in [0.3, 0.4) is 0 Å². The van der Waals surface area contributed by atoms with Crippen LogP contribution in [-0.4, -0.2) is 37.3 Å². The van der Waals surface area contributed by atoms with Crippen LogP contribution < -0.4 is 10.9 Å². The Labute approximate surface area is 173 Å². The highest BCUT2D eigenvalue weighted by Gasteiger charge is 2.22. The fourth-order valence-electron chi connectivity index (χ4n) is 3.19. The van der Waals surface area contributed by atoms with Gasteiger partial charge in [-0.25, -0.2) is 4.98 Å². The summed E-state index contributed by atoms with van der Waals surface area (Å²) in [6, 6.07) is 9.48. The van der Waals surface area contributed by atoms with Crippen molar-refractivity contribution >= 4 is 22.9 Å². The summed E-state index contributed by atoms with van der Waals surface area (Å²) in [5.41, 5.74) is 1.03. The standard InChI is InChI=1S/C21H25N5O4/c1-4-8-17(15-9-6-5-7-10-15)24-20(28)14(2)30-18(27)12-26-13-22-19-16(21(26)29)11-23-25(19)3/h5-7,9-11,13-14,17H,4,8,12H2,1-3H3,(H,24,28). The largest absolute Gasteiger partial charge is 0.451 e. The number of benzene rings is 1. The second-order valence-electron chi connectivity index (χ2n) is 7.08. The lowest BCUT2D eigenvalue weighted by Crippen LogP contribution is -2.39. The predicted molar refractivity (Wildman–Crippen MR) is 111 cm³/mol. The van der Waals surface area contributed by atoms with Crippen molar-refractivity contribution in [3.63, 3.8) is 0 Å². The summed E-state index contributed by atoms with van der Waals surface area (Å²) in [7, 11) is 1.68. The van der Waals surface area contributed by atoms with E-state index >= 15 is 0 Å². The van der Waals surface area contributed by atoms with Gasteiger partial charge in [-0.05, 0) is 18.9 Å². The maximum Gasteiger partial charge on any atom is 0.326 e. The molecule has 0 saturated heterocycles. The van der Waals surface area contributed by atoms with E-state index in [0.717, 1.165) is 23.0 Å². The zero-order chi connectivity index (χ0) is 21.7. The van der Waals surface area contributed by atoms with Gasteiger partial charge in [0, 0.05) is 7.05 Å². The number of nitrogens with one attached hydrogen (secondary N) is 1. The van der Waals surface area contributed by atoms with Crippen LogP contribution in [-0.2, 0) is 27.9 Å². The van der Waals surface area contributed by atoms with E-state index in [1.54, 1.807) is 7.05 Å². The summed E-state index contributed by atoms with van der Waals surface area (Å²) < 4.78 is 7.86. The summed E-state index contributed by atoms with van der Waals surface area (Å²) in [6.07, 6.45) is 3.33. The van der Waals surface area contributed by atoms with E-state index in [0.29, 0.717) is 11.0 Å². The topological polar surface area (TPSA) is 108 Å². The van der Waals surface area contributed by atoms with Crippen LogP contribution >= 0.6 is 0 Å². The van der Waals surface area contributed by atoms with E-state index in [1.807, 2.05) is 37.3 Å². The smallest absolute Gasteiger partial charge is 0.326 e. The number of fused-ring (bicyclic) bond motifs is 1. The minimum Gasteiger partial charge on any atom is -0.451 e. The lowest BCUT2D eigenvalue weighted by molar-refractivity contribution is -0.155. The molecule has 0 saturated carbocycles. The molecule has 2 heterocycles. The molecule has 0 aliphatic rings. The highest BCUT2D eigenvalue weighted by atomic mass is 16.5. The van der Waals surface area contributed by atoms with Crippen LogP contribution in [0, 0.1) is 0 Å². The van der Waals surface area contributed by atoms with Gasteiger partial charge in [-0.3, -0.25) is 23.6 Å². The van der Waals surface area contributed by atoms with E-state index < -0.39 is 17.6 Å². The number of hydrogen-bond acceptors (Lipinski definition) is 6. The Balaban J connectivity index is 1.62. The molecule has 0 radical (unpaired) electrons. The molecule has 1 amide bonds. The number of aryl methyl sites for hydroxylation is 1. The molecule has 0 spiro atoms. The maximum absolute atomic E-state index is 12.6. The van der Waals surface area contributed by atoms with Crippen LogP contribution in [0.1, 0.15) is 38.3 Å². The Morgan fingerprint density at radius 3 is 2.67 bits per heavy atom. The summed E-state index contributed by atoms with van der Waals surface area (Å²) in [5.74, 6) is -1.09. The van der Waals surface area contributed by atoms with Gasteiger partial charge < -0.3 is 10.1 Å². The first-order chi connectivity index (χ1) is 14.4. The summed E-state index contributed by atoms with van der Waals surface area (Å²) in [6.45, 7) is 3.20. The molecule has 1 aromatic carbocycles. The fourth-order valence-corrected chi connectivity index (χ4v) is 3.19. The van der Waals surface area contributed by atoms with Gasteiger partial charge in [-0.1, -0.05) is 43.7 Å². The molecular formula is C21H25N5O4. The van der Waals surface area contributed by atoms with Gasteiger partial charge in [0.25, 0.3) is 11.5 Å². The van der Waals surface area contributed by atoms with Crippen molar-refractivity contribution in [3.8, 4) is 0 Å². The van der Waals surface area contributed by atoms with E-state index in [2.05, 4.69) is 15.4 Å². The quantitative estimate of drug-likeness (QED) is 0.566. The second-order valence-corrected chi connectivity index (χ2v) is 7.08. The van der Waals surface area contributed by atoms with Gasteiger partial charge in [0.2, 0.25) is 0 Å². The number of ether oxygens (including phenoxy) is 1. The number of amides is 1. The Hall–Kier alpha value is -3.49. The minimum absolute atomic E-state index is 0.162. The van der Waals surface area contributed by atoms with Crippen molar-refractivity contribution in [1.29, 1.82) is 0 Å². The molecule has 9 heteroatoms. The molecule has 0 fully saturated rings. The van der Waals surface area contributed by atoms with E-state index in [9.17, 15) is 14.4 Å².